The maximum absolute atomic E-state index is 13.4. The Kier molecular flexibility index (Phi) is 8.09. The van der Waals surface area contributed by atoms with E-state index < -0.39 is 11.2 Å². The van der Waals surface area contributed by atoms with E-state index in [1.165, 1.54) is 5.56 Å². The first-order valence-corrected chi connectivity index (χ1v) is 15.2. The third-order valence-electron chi connectivity index (χ3n) is 8.31. The van der Waals surface area contributed by atoms with Gasteiger partial charge in [-0.2, -0.15) is 4.98 Å². The van der Waals surface area contributed by atoms with Crippen molar-refractivity contribution in [3.05, 3.63) is 47.6 Å². The molecule has 0 aliphatic heterocycles. The van der Waals surface area contributed by atoms with Gasteiger partial charge in [0.15, 0.2) is 5.82 Å². The van der Waals surface area contributed by atoms with E-state index in [4.69, 9.17) is 19.0 Å². The van der Waals surface area contributed by atoms with Crippen molar-refractivity contribution in [3.63, 3.8) is 0 Å². The Labute approximate surface area is 243 Å². The fourth-order valence-electron chi connectivity index (χ4n) is 5.94. The molecule has 0 radical (unpaired) electrons. The molecule has 3 aliphatic rings. The minimum atomic E-state index is -0.566. The third kappa shape index (κ3) is 7.80. The summed E-state index contributed by atoms with van der Waals surface area (Å²) in [5.74, 6) is 2.12. The molecule has 0 saturated heterocycles. The molecule has 1 unspecified atom stereocenters. The Bertz CT molecular complexity index is 1200. The number of amides is 2. The molecular formula is C32H46N4O5. The van der Waals surface area contributed by atoms with Crippen LogP contribution in [0.4, 0.5) is 9.59 Å². The first-order valence-electron chi connectivity index (χ1n) is 15.2. The summed E-state index contributed by atoms with van der Waals surface area (Å²) in [6.45, 7) is 11.9. The number of rotatable bonds is 8. The topological polar surface area (TPSA) is 107 Å². The SMILES string of the molecule is CC(C)(C)OC(=O)NC1CCC(Cc2nc(C3(CN(C(=O)OC(C)(C)C)C4C[C@@H]4c4ccccc4)CC3)no2)CC1. The molecule has 1 heterocycles. The summed E-state index contributed by atoms with van der Waals surface area (Å²) < 4.78 is 17.0. The highest BCUT2D eigenvalue weighted by Gasteiger charge is 2.55. The summed E-state index contributed by atoms with van der Waals surface area (Å²) in [6.07, 6.45) is 6.68. The number of carbonyl (C=O) groups is 2. The lowest BCUT2D eigenvalue weighted by Crippen LogP contribution is -2.43. The van der Waals surface area contributed by atoms with Crippen molar-refractivity contribution in [3.8, 4) is 0 Å². The summed E-state index contributed by atoms with van der Waals surface area (Å²) >= 11 is 0. The van der Waals surface area contributed by atoms with Gasteiger partial charge in [0.2, 0.25) is 5.89 Å². The van der Waals surface area contributed by atoms with Crippen molar-refractivity contribution in [2.75, 3.05) is 6.54 Å². The summed E-state index contributed by atoms with van der Waals surface area (Å²) in [7, 11) is 0. The zero-order chi connectivity index (χ0) is 29.4. The summed E-state index contributed by atoms with van der Waals surface area (Å²) in [4.78, 5) is 32.3. The second-order valence-electron chi connectivity index (χ2n) is 14.3. The van der Waals surface area contributed by atoms with Crippen LogP contribution in [0.2, 0.25) is 0 Å². The zero-order valence-corrected chi connectivity index (χ0v) is 25.4. The van der Waals surface area contributed by atoms with Crippen molar-refractivity contribution in [1.29, 1.82) is 0 Å². The first-order chi connectivity index (χ1) is 19.3. The van der Waals surface area contributed by atoms with E-state index in [1.807, 2.05) is 52.5 Å². The van der Waals surface area contributed by atoms with E-state index >= 15 is 0 Å². The van der Waals surface area contributed by atoms with Crippen molar-refractivity contribution in [2.24, 2.45) is 5.92 Å². The van der Waals surface area contributed by atoms with Crippen LogP contribution in [0, 0.1) is 5.92 Å². The van der Waals surface area contributed by atoms with Crippen molar-refractivity contribution < 1.29 is 23.6 Å². The molecular weight excluding hydrogens is 520 g/mol. The minimum Gasteiger partial charge on any atom is -0.444 e. The molecule has 3 fully saturated rings. The largest absolute Gasteiger partial charge is 0.444 e. The van der Waals surface area contributed by atoms with Gasteiger partial charge in [-0.3, -0.25) is 0 Å². The maximum Gasteiger partial charge on any atom is 0.410 e. The molecule has 2 atom stereocenters. The van der Waals surface area contributed by atoms with Gasteiger partial charge in [0.25, 0.3) is 0 Å². The highest BCUT2D eigenvalue weighted by atomic mass is 16.6. The second kappa shape index (κ2) is 11.3. The van der Waals surface area contributed by atoms with Crippen molar-refractivity contribution in [2.45, 2.75) is 128 Å². The molecule has 0 spiro atoms. The molecule has 1 aromatic carbocycles. The Morgan fingerprint density at radius 1 is 1.00 bits per heavy atom. The molecule has 2 aromatic rings. The molecule has 224 valence electrons. The second-order valence-corrected chi connectivity index (χ2v) is 14.3. The Morgan fingerprint density at radius 3 is 2.27 bits per heavy atom. The lowest BCUT2D eigenvalue weighted by molar-refractivity contribution is 0.0208. The molecule has 0 bridgehead atoms. The van der Waals surface area contributed by atoms with Crippen LogP contribution >= 0.6 is 0 Å². The van der Waals surface area contributed by atoms with Crippen LogP contribution in [0.25, 0.3) is 0 Å². The van der Waals surface area contributed by atoms with Crippen molar-refractivity contribution >= 4 is 12.2 Å². The van der Waals surface area contributed by atoms with Crippen LogP contribution in [0.5, 0.6) is 0 Å². The number of hydrogen-bond acceptors (Lipinski definition) is 7. The fraction of sp³-hybridized carbons (Fsp3) is 0.688. The molecule has 3 aliphatic carbocycles. The maximum atomic E-state index is 13.4. The van der Waals surface area contributed by atoms with Gasteiger partial charge < -0.3 is 24.2 Å². The number of ether oxygens (including phenoxy) is 2. The number of nitrogens with zero attached hydrogens (tertiary/aromatic N) is 3. The number of benzene rings is 1. The highest BCUT2D eigenvalue weighted by Crippen LogP contribution is 2.52. The Hall–Kier alpha value is -3.10. The number of alkyl carbamates (subject to hydrolysis) is 1. The van der Waals surface area contributed by atoms with Crippen LogP contribution in [0.15, 0.2) is 34.9 Å². The van der Waals surface area contributed by atoms with Gasteiger partial charge in [-0.05, 0) is 98.0 Å². The number of carbonyl (C=O) groups excluding carboxylic acids is 2. The molecule has 5 rings (SSSR count). The summed E-state index contributed by atoms with van der Waals surface area (Å²) in [5.41, 5.74) is -0.0857. The van der Waals surface area contributed by atoms with Crippen LogP contribution in [-0.4, -0.2) is 57.1 Å². The summed E-state index contributed by atoms with van der Waals surface area (Å²) in [6, 6.07) is 10.6. The van der Waals surface area contributed by atoms with Crippen molar-refractivity contribution in [1.82, 2.24) is 20.4 Å². The quantitative estimate of drug-likeness (QED) is 0.388. The lowest BCUT2D eigenvalue weighted by Gasteiger charge is -2.30. The van der Waals surface area contributed by atoms with E-state index in [9.17, 15) is 9.59 Å². The predicted molar refractivity (Wildman–Crippen MR) is 155 cm³/mol. The lowest BCUT2D eigenvalue weighted by atomic mass is 9.84. The molecule has 1 aromatic heterocycles. The molecule has 9 nitrogen and oxygen atoms in total. The Morgan fingerprint density at radius 2 is 1.66 bits per heavy atom. The Balaban J connectivity index is 1.18. The summed E-state index contributed by atoms with van der Waals surface area (Å²) in [5, 5.41) is 7.42. The fourth-order valence-corrected chi connectivity index (χ4v) is 5.94. The molecule has 3 saturated carbocycles. The predicted octanol–water partition coefficient (Wildman–Crippen LogP) is 6.52. The smallest absolute Gasteiger partial charge is 0.410 e. The third-order valence-corrected chi connectivity index (χ3v) is 8.31. The van der Waals surface area contributed by atoms with Gasteiger partial charge in [0.1, 0.15) is 11.2 Å². The van der Waals surface area contributed by atoms with E-state index in [2.05, 4.69) is 34.7 Å². The van der Waals surface area contributed by atoms with Gasteiger partial charge in [0, 0.05) is 31.0 Å². The minimum absolute atomic E-state index is 0.112. The van der Waals surface area contributed by atoms with E-state index in [0.29, 0.717) is 30.1 Å². The van der Waals surface area contributed by atoms with Gasteiger partial charge in [-0.15, -0.1) is 0 Å². The van der Waals surface area contributed by atoms with E-state index in [1.54, 1.807) is 0 Å². The first kappa shape index (κ1) is 29.4. The van der Waals surface area contributed by atoms with Crippen LogP contribution in [0.3, 0.4) is 0 Å². The average Bonchev–Trinajstić information content (AvgIpc) is 3.79. The van der Waals surface area contributed by atoms with E-state index in [-0.39, 0.29) is 29.7 Å². The monoisotopic (exact) mass is 566 g/mol. The van der Waals surface area contributed by atoms with Gasteiger partial charge in [-0.1, -0.05) is 35.5 Å². The van der Waals surface area contributed by atoms with Crippen LogP contribution in [0.1, 0.15) is 110 Å². The average molecular weight is 567 g/mol. The highest BCUT2D eigenvalue weighted by molar-refractivity contribution is 5.70. The van der Waals surface area contributed by atoms with Gasteiger partial charge in [-0.25, -0.2) is 9.59 Å². The van der Waals surface area contributed by atoms with Crippen LogP contribution < -0.4 is 5.32 Å². The number of nitrogens with one attached hydrogen (secondary N) is 1. The molecule has 2 amide bonds. The number of aromatic nitrogens is 2. The molecule has 41 heavy (non-hydrogen) atoms. The van der Waals surface area contributed by atoms with Crippen LogP contribution in [-0.2, 0) is 21.3 Å². The van der Waals surface area contributed by atoms with Gasteiger partial charge in [0.05, 0.1) is 5.41 Å². The van der Waals surface area contributed by atoms with E-state index in [0.717, 1.165) is 51.4 Å². The number of hydrogen-bond donors (Lipinski definition) is 1. The zero-order valence-electron chi connectivity index (χ0n) is 25.4. The molecule has 9 heteroatoms. The normalized spacial score (nSPS) is 25.2. The van der Waals surface area contributed by atoms with Gasteiger partial charge >= 0.3 is 12.2 Å². The standard InChI is InChI=1S/C32H46N4O5/c1-30(2,3)39-28(37)33-23-14-12-21(13-15-23)18-26-34-27(35-41-26)32(16-17-32)20-36(29(38)40-31(4,5)6)25-19-24(25)22-10-8-7-9-11-22/h7-11,21,23-25H,12-20H2,1-6H3,(H,33,37)/t21?,23?,24-,25?/m1/s1. The molecule has 1 N–H and O–H groups in total.